The van der Waals surface area contributed by atoms with Crippen LogP contribution in [0.5, 0.6) is 0 Å². The molecule has 3 unspecified atom stereocenters. The molecule has 0 aliphatic carbocycles. The van der Waals surface area contributed by atoms with Gasteiger partial charge in [0, 0.05) is 6.42 Å². The maximum absolute atomic E-state index is 12.9. The molecule has 0 aliphatic heterocycles. The minimum absolute atomic E-state index is 0.0586. The van der Waals surface area contributed by atoms with Crippen molar-refractivity contribution in [3.05, 3.63) is 24.3 Å². The van der Waals surface area contributed by atoms with E-state index in [2.05, 4.69) is 31.3 Å². The summed E-state index contributed by atoms with van der Waals surface area (Å²) in [5.74, 6) is -0.183. The molecule has 63 heavy (non-hydrogen) atoms. The van der Waals surface area contributed by atoms with Crippen LogP contribution in [0.4, 0.5) is 0 Å². The van der Waals surface area contributed by atoms with Gasteiger partial charge >= 0.3 is 7.82 Å². The second-order valence-electron chi connectivity index (χ2n) is 20.0. The van der Waals surface area contributed by atoms with Gasteiger partial charge in [0.05, 0.1) is 39.9 Å². The molecule has 9 heteroatoms. The average Bonchev–Trinajstić information content (AvgIpc) is 3.24. The summed E-state index contributed by atoms with van der Waals surface area (Å²) in [6.07, 6.45) is 57.0. The highest BCUT2D eigenvalue weighted by molar-refractivity contribution is 7.47. The lowest BCUT2D eigenvalue weighted by molar-refractivity contribution is -0.870. The van der Waals surface area contributed by atoms with E-state index in [1.165, 1.54) is 205 Å². The quantitative estimate of drug-likeness (QED) is 0.0243. The molecule has 0 rings (SSSR count). The van der Waals surface area contributed by atoms with Crippen LogP contribution in [0.25, 0.3) is 0 Å². The molecule has 0 radical (unpaired) electrons. The molecule has 1 amide bonds. The maximum atomic E-state index is 12.9. The molecule has 0 aromatic rings. The number of nitrogens with zero attached hydrogens (tertiary/aromatic N) is 1. The van der Waals surface area contributed by atoms with E-state index in [4.69, 9.17) is 9.05 Å². The fraction of sp³-hybridized carbons (Fsp3) is 0.907. The number of unbranched alkanes of at least 4 members (excludes halogenated alkanes) is 35. The van der Waals surface area contributed by atoms with Gasteiger partial charge in [-0.25, -0.2) is 4.57 Å². The summed E-state index contributed by atoms with van der Waals surface area (Å²) in [5, 5.41) is 13.9. The summed E-state index contributed by atoms with van der Waals surface area (Å²) in [5.41, 5.74) is 0. The van der Waals surface area contributed by atoms with E-state index in [1.807, 2.05) is 27.2 Å². The van der Waals surface area contributed by atoms with Crippen molar-refractivity contribution in [1.29, 1.82) is 0 Å². The largest absolute Gasteiger partial charge is 0.472 e. The molecule has 374 valence electrons. The van der Waals surface area contributed by atoms with Gasteiger partial charge < -0.3 is 19.8 Å². The lowest BCUT2D eigenvalue weighted by Crippen LogP contribution is -2.45. The number of phosphoric ester groups is 1. The van der Waals surface area contributed by atoms with Crippen molar-refractivity contribution < 1.29 is 32.9 Å². The summed E-state index contributed by atoms with van der Waals surface area (Å²) in [4.78, 5) is 23.2. The Morgan fingerprint density at radius 3 is 1.27 bits per heavy atom. The van der Waals surface area contributed by atoms with Crippen LogP contribution in [-0.2, 0) is 18.4 Å². The van der Waals surface area contributed by atoms with Crippen LogP contribution in [0.15, 0.2) is 24.3 Å². The first kappa shape index (κ1) is 62.0. The fourth-order valence-corrected chi connectivity index (χ4v) is 8.85. The van der Waals surface area contributed by atoms with E-state index in [0.29, 0.717) is 17.4 Å². The molecule has 3 atom stereocenters. The van der Waals surface area contributed by atoms with Crippen LogP contribution in [0.3, 0.4) is 0 Å². The van der Waals surface area contributed by atoms with Gasteiger partial charge in [-0.05, 0) is 32.1 Å². The zero-order valence-electron chi connectivity index (χ0n) is 42.6. The summed E-state index contributed by atoms with van der Waals surface area (Å²) in [7, 11) is 1.57. The zero-order chi connectivity index (χ0) is 46.4. The van der Waals surface area contributed by atoms with E-state index in [-0.39, 0.29) is 19.1 Å². The van der Waals surface area contributed by atoms with Gasteiger partial charge in [0.15, 0.2) is 0 Å². The average molecular weight is 912 g/mol. The maximum Gasteiger partial charge on any atom is 0.472 e. The Bertz CT molecular complexity index is 1080. The molecule has 3 N–H and O–H groups in total. The van der Waals surface area contributed by atoms with E-state index in [9.17, 15) is 19.4 Å². The highest BCUT2D eigenvalue weighted by Gasteiger charge is 2.27. The van der Waals surface area contributed by atoms with Gasteiger partial charge in [0.2, 0.25) is 5.91 Å². The molecular weight excluding hydrogens is 804 g/mol. The molecule has 0 bridgehead atoms. The third kappa shape index (κ3) is 48.7. The van der Waals surface area contributed by atoms with Crippen molar-refractivity contribution in [3.8, 4) is 0 Å². The third-order valence-electron chi connectivity index (χ3n) is 12.4. The monoisotopic (exact) mass is 912 g/mol. The first-order valence-corrected chi connectivity index (χ1v) is 28.7. The first-order chi connectivity index (χ1) is 30.5. The van der Waals surface area contributed by atoms with Crippen LogP contribution in [0.1, 0.15) is 264 Å². The number of phosphoric acid groups is 1. The van der Waals surface area contributed by atoms with Gasteiger partial charge in [-0.1, -0.05) is 250 Å². The third-order valence-corrected chi connectivity index (χ3v) is 13.4. The number of carbonyl (C=O) groups excluding carboxylic acids is 1. The molecule has 0 aromatic carbocycles. The van der Waals surface area contributed by atoms with Crippen molar-refractivity contribution >= 4 is 13.7 Å². The van der Waals surface area contributed by atoms with Gasteiger partial charge in [-0.15, -0.1) is 0 Å². The predicted octanol–water partition coefficient (Wildman–Crippen LogP) is 16.0. The molecule has 0 saturated heterocycles. The smallest absolute Gasteiger partial charge is 0.387 e. The van der Waals surface area contributed by atoms with Crippen molar-refractivity contribution in [2.75, 3.05) is 40.9 Å². The number of amides is 1. The molecule has 0 aromatic heterocycles. The molecule has 8 nitrogen and oxygen atoms in total. The predicted molar refractivity (Wildman–Crippen MR) is 272 cm³/mol. The molecule has 0 fully saturated rings. The highest BCUT2D eigenvalue weighted by atomic mass is 31.2. The van der Waals surface area contributed by atoms with Gasteiger partial charge in [-0.3, -0.25) is 13.8 Å². The van der Waals surface area contributed by atoms with Crippen LogP contribution >= 0.6 is 7.82 Å². The van der Waals surface area contributed by atoms with Crippen molar-refractivity contribution in [3.63, 3.8) is 0 Å². The van der Waals surface area contributed by atoms with Crippen molar-refractivity contribution in [2.45, 2.75) is 276 Å². The minimum Gasteiger partial charge on any atom is -0.387 e. The number of aliphatic hydroxyl groups excluding tert-OH is 1. The Morgan fingerprint density at radius 1 is 0.524 bits per heavy atom. The first-order valence-electron chi connectivity index (χ1n) is 27.2. The van der Waals surface area contributed by atoms with Crippen molar-refractivity contribution in [2.24, 2.45) is 0 Å². The lowest BCUT2D eigenvalue weighted by Gasteiger charge is -2.25. The Labute approximate surface area is 392 Å². The van der Waals surface area contributed by atoms with Crippen LogP contribution < -0.4 is 5.32 Å². The van der Waals surface area contributed by atoms with Gasteiger partial charge in [0.1, 0.15) is 13.2 Å². The number of carbonyl (C=O) groups is 1. The fourth-order valence-electron chi connectivity index (χ4n) is 8.12. The highest BCUT2D eigenvalue weighted by Crippen LogP contribution is 2.43. The lowest BCUT2D eigenvalue weighted by atomic mass is 10.0. The van der Waals surface area contributed by atoms with E-state index < -0.39 is 20.0 Å². The van der Waals surface area contributed by atoms with E-state index >= 15 is 0 Å². The second kappa shape index (κ2) is 46.1. The normalized spacial score (nSPS) is 14.2. The van der Waals surface area contributed by atoms with Crippen molar-refractivity contribution in [1.82, 2.24) is 5.32 Å². The topological polar surface area (TPSA) is 105 Å². The van der Waals surface area contributed by atoms with Crippen LogP contribution in [0.2, 0.25) is 0 Å². The Kier molecular flexibility index (Phi) is 45.4. The standard InChI is InChI=1S/C54H107N2O6P/c1-6-8-10-12-14-16-18-20-22-24-25-26-27-28-29-30-31-32-33-35-37-39-41-43-45-47-53(57)52(51-62-63(59,60)61-50-49-56(3,4)5)55-54(58)48-46-44-42-40-38-36-34-23-21-19-17-15-13-11-9-7-2/h37,39,45,47,52-53,57H,6-36,38,40-44,46,48-51H2,1-5H3,(H-,55,58,59,60)/p+1/b39-37+,47-45+. The van der Waals surface area contributed by atoms with Gasteiger partial charge in [-0.2, -0.15) is 0 Å². The number of likely N-dealkylation sites (N-methyl/N-ethyl adjacent to an activating group) is 1. The van der Waals surface area contributed by atoms with Crippen LogP contribution in [0, 0.1) is 0 Å². The van der Waals surface area contributed by atoms with E-state index in [0.717, 1.165) is 38.5 Å². The number of hydrogen-bond acceptors (Lipinski definition) is 5. The Morgan fingerprint density at radius 2 is 0.873 bits per heavy atom. The number of aliphatic hydroxyl groups is 1. The number of rotatable bonds is 50. The molecule has 0 heterocycles. The zero-order valence-corrected chi connectivity index (χ0v) is 43.5. The minimum atomic E-state index is -4.35. The summed E-state index contributed by atoms with van der Waals surface area (Å²) in [6.45, 7) is 4.83. The number of nitrogens with one attached hydrogen (secondary N) is 1. The number of hydrogen-bond donors (Lipinski definition) is 3. The molecule has 0 aliphatic rings. The Hall–Kier alpha value is -1.02. The number of quaternary nitrogens is 1. The Balaban J connectivity index is 4.26. The molecule has 0 spiro atoms. The summed E-state index contributed by atoms with van der Waals surface area (Å²) >= 11 is 0. The van der Waals surface area contributed by atoms with Gasteiger partial charge in [0.25, 0.3) is 0 Å². The molecule has 0 saturated carbocycles. The second-order valence-corrected chi connectivity index (χ2v) is 21.4. The van der Waals surface area contributed by atoms with Crippen LogP contribution in [-0.4, -0.2) is 73.4 Å². The summed E-state index contributed by atoms with van der Waals surface area (Å²) in [6, 6.07) is -0.859. The SMILES string of the molecule is CCCCCCCCCCCCCCCCCCCCC/C=C/CC/C=C/C(O)C(COP(=O)(O)OCC[N+](C)(C)C)NC(=O)CCCCCCCCCCCCCCCCCC. The molecular formula is C54H108N2O6P+. The summed E-state index contributed by atoms with van der Waals surface area (Å²) < 4.78 is 23.7. The van der Waals surface area contributed by atoms with E-state index in [1.54, 1.807) is 6.08 Å². The number of allylic oxidation sites excluding steroid dienone is 3.